The van der Waals surface area contributed by atoms with Crippen molar-refractivity contribution >= 4 is 46.1 Å². The molecule has 0 unspecified atom stereocenters. The number of anilines is 1. The van der Waals surface area contributed by atoms with Crippen molar-refractivity contribution in [2.45, 2.75) is 6.36 Å². The summed E-state index contributed by atoms with van der Waals surface area (Å²) in [7, 11) is 0. The van der Waals surface area contributed by atoms with Crippen molar-refractivity contribution in [3.8, 4) is 11.5 Å². The van der Waals surface area contributed by atoms with E-state index in [9.17, 15) is 18.3 Å². The van der Waals surface area contributed by atoms with Crippen LogP contribution in [0.2, 0.25) is 10.0 Å². The lowest BCUT2D eigenvalue weighted by atomic mass is 10.2. The van der Waals surface area contributed by atoms with Crippen LogP contribution in [0.4, 0.5) is 19.0 Å². The lowest BCUT2D eigenvalue weighted by Gasteiger charge is -2.08. The van der Waals surface area contributed by atoms with Gasteiger partial charge in [-0.25, -0.2) is 4.98 Å². The van der Waals surface area contributed by atoms with E-state index in [1.807, 2.05) is 0 Å². The van der Waals surface area contributed by atoms with Gasteiger partial charge in [0.25, 0.3) is 0 Å². The Morgan fingerprint density at radius 1 is 1.07 bits per heavy atom. The molecule has 0 saturated carbocycles. The molecule has 0 aliphatic carbocycles. The first kappa shape index (κ1) is 19.1. The molecule has 0 atom stereocenters. The van der Waals surface area contributed by atoms with Crippen molar-refractivity contribution in [3.05, 3.63) is 58.1 Å². The molecule has 0 bridgehead atoms. The van der Waals surface area contributed by atoms with E-state index in [2.05, 4.69) is 20.2 Å². The molecule has 1 heterocycles. The Labute approximate surface area is 161 Å². The quantitative estimate of drug-likeness (QED) is 0.430. The molecule has 0 fully saturated rings. The molecular formula is C17H10Cl2F3N3O2. The molecular weight excluding hydrogens is 406 g/mol. The first-order chi connectivity index (χ1) is 12.7. The van der Waals surface area contributed by atoms with Crippen molar-refractivity contribution in [2.75, 3.05) is 5.43 Å². The molecule has 2 N–H and O–H groups in total. The molecule has 5 nitrogen and oxygen atoms in total. The van der Waals surface area contributed by atoms with E-state index in [1.165, 1.54) is 36.5 Å². The average Bonchev–Trinajstić information content (AvgIpc) is 2.60. The number of nitrogens with zero attached hydrogens (tertiary/aromatic N) is 2. The minimum Gasteiger partial charge on any atom is -0.504 e. The molecule has 140 valence electrons. The van der Waals surface area contributed by atoms with Crippen LogP contribution in [0.25, 0.3) is 10.9 Å². The van der Waals surface area contributed by atoms with E-state index in [0.29, 0.717) is 21.8 Å². The van der Waals surface area contributed by atoms with Crippen LogP contribution < -0.4 is 10.2 Å². The zero-order valence-corrected chi connectivity index (χ0v) is 14.8. The molecule has 0 amide bonds. The highest BCUT2D eigenvalue weighted by Crippen LogP contribution is 2.36. The van der Waals surface area contributed by atoms with E-state index >= 15 is 0 Å². The van der Waals surface area contributed by atoms with Crippen LogP contribution in [0.5, 0.6) is 11.5 Å². The third-order valence-electron chi connectivity index (χ3n) is 3.36. The van der Waals surface area contributed by atoms with Crippen LogP contribution in [0.15, 0.2) is 47.6 Å². The molecule has 10 heteroatoms. The summed E-state index contributed by atoms with van der Waals surface area (Å²) in [5.41, 5.74) is 3.40. The maximum absolute atomic E-state index is 12.1. The SMILES string of the molecule is Oc1c(Cl)cc(Cl)c2ccc(N/N=C\c3ccc(OC(F)(F)F)cc3)nc12. The number of rotatable bonds is 4. The highest BCUT2D eigenvalue weighted by Gasteiger charge is 2.30. The average molecular weight is 416 g/mol. The number of hydrogen-bond donors (Lipinski definition) is 2. The van der Waals surface area contributed by atoms with E-state index < -0.39 is 6.36 Å². The smallest absolute Gasteiger partial charge is 0.504 e. The number of hydrogen-bond acceptors (Lipinski definition) is 5. The minimum absolute atomic E-state index is 0.0711. The van der Waals surface area contributed by atoms with Gasteiger partial charge < -0.3 is 9.84 Å². The van der Waals surface area contributed by atoms with Crippen molar-refractivity contribution in [1.29, 1.82) is 0 Å². The number of fused-ring (bicyclic) bond motifs is 1. The van der Waals surface area contributed by atoms with Gasteiger partial charge in [0.15, 0.2) is 5.75 Å². The fourth-order valence-corrected chi connectivity index (χ4v) is 2.71. The zero-order valence-electron chi connectivity index (χ0n) is 13.3. The summed E-state index contributed by atoms with van der Waals surface area (Å²) >= 11 is 11.9. The number of benzene rings is 2. The number of aromatic nitrogens is 1. The Balaban J connectivity index is 1.73. The number of hydrazone groups is 1. The lowest BCUT2D eigenvalue weighted by molar-refractivity contribution is -0.274. The number of halogens is 5. The van der Waals surface area contributed by atoms with E-state index in [4.69, 9.17) is 23.2 Å². The lowest BCUT2D eigenvalue weighted by Crippen LogP contribution is -2.17. The highest BCUT2D eigenvalue weighted by atomic mass is 35.5. The van der Waals surface area contributed by atoms with Crippen molar-refractivity contribution in [3.63, 3.8) is 0 Å². The second kappa shape index (κ2) is 7.50. The first-order valence-corrected chi connectivity index (χ1v) is 8.11. The molecule has 0 radical (unpaired) electrons. The Hall–Kier alpha value is -2.71. The Kier molecular flexibility index (Phi) is 5.29. The van der Waals surface area contributed by atoms with Crippen LogP contribution in [-0.2, 0) is 0 Å². The van der Waals surface area contributed by atoms with Crippen LogP contribution >= 0.6 is 23.2 Å². The molecule has 0 aliphatic rings. The van der Waals surface area contributed by atoms with Gasteiger partial charge in [-0.15, -0.1) is 13.2 Å². The largest absolute Gasteiger partial charge is 0.573 e. The monoisotopic (exact) mass is 415 g/mol. The maximum Gasteiger partial charge on any atom is 0.573 e. The van der Waals surface area contributed by atoms with Crippen molar-refractivity contribution < 1.29 is 23.0 Å². The van der Waals surface area contributed by atoms with Gasteiger partial charge in [-0.3, -0.25) is 5.43 Å². The minimum atomic E-state index is -4.74. The van der Waals surface area contributed by atoms with Gasteiger partial charge in [-0.05, 0) is 48.0 Å². The van der Waals surface area contributed by atoms with Crippen LogP contribution in [0, 0.1) is 0 Å². The van der Waals surface area contributed by atoms with Gasteiger partial charge in [-0.1, -0.05) is 23.2 Å². The standard InChI is InChI=1S/C17H10Cl2F3N3O2/c18-12-7-13(19)16(26)15-11(12)5-6-14(24-15)25-23-8-9-1-3-10(4-2-9)27-17(20,21)22/h1-8,26H,(H,24,25)/b23-8-. The second-order valence-electron chi connectivity index (χ2n) is 5.27. The summed E-state index contributed by atoms with van der Waals surface area (Å²) in [5.74, 6) is -0.221. The van der Waals surface area contributed by atoms with Crippen LogP contribution in [0.1, 0.15) is 5.56 Å². The van der Waals surface area contributed by atoms with Crippen molar-refractivity contribution in [1.82, 2.24) is 4.98 Å². The molecule has 2 aromatic carbocycles. The van der Waals surface area contributed by atoms with Gasteiger partial charge in [0, 0.05) is 5.39 Å². The number of ether oxygens (including phenoxy) is 1. The number of pyridine rings is 1. The van der Waals surface area contributed by atoms with E-state index in [0.717, 1.165) is 0 Å². The fraction of sp³-hybridized carbons (Fsp3) is 0.0588. The van der Waals surface area contributed by atoms with Crippen LogP contribution in [0.3, 0.4) is 0 Å². The van der Waals surface area contributed by atoms with Gasteiger partial charge in [0.05, 0.1) is 16.3 Å². The summed E-state index contributed by atoms with van der Waals surface area (Å²) < 4.78 is 40.2. The number of phenols is 1. The number of nitrogens with one attached hydrogen (secondary N) is 1. The number of phenolic OH excluding ortho intramolecular Hbond substituents is 1. The van der Waals surface area contributed by atoms with Gasteiger partial charge in [0.2, 0.25) is 0 Å². The Bertz CT molecular complexity index is 1010. The summed E-state index contributed by atoms with van der Waals surface area (Å²) in [4.78, 5) is 4.19. The van der Waals surface area contributed by atoms with E-state index in [1.54, 1.807) is 12.1 Å². The molecule has 0 aliphatic heterocycles. The maximum atomic E-state index is 12.1. The molecule has 1 aromatic heterocycles. The molecule has 3 rings (SSSR count). The van der Waals surface area contributed by atoms with Gasteiger partial charge in [0.1, 0.15) is 17.1 Å². The summed E-state index contributed by atoms with van der Waals surface area (Å²) in [5, 5.41) is 14.9. The molecule has 0 saturated heterocycles. The molecule has 27 heavy (non-hydrogen) atoms. The van der Waals surface area contributed by atoms with Crippen molar-refractivity contribution in [2.24, 2.45) is 5.10 Å². The van der Waals surface area contributed by atoms with Gasteiger partial charge in [-0.2, -0.15) is 5.10 Å². The third kappa shape index (κ3) is 4.72. The molecule has 0 spiro atoms. The third-order valence-corrected chi connectivity index (χ3v) is 3.96. The Morgan fingerprint density at radius 2 is 1.78 bits per heavy atom. The molecule has 3 aromatic rings. The number of aromatic hydroxyl groups is 1. The number of alkyl halides is 3. The first-order valence-electron chi connectivity index (χ1n) is 7.35. The summed E-state index contributed by atoms with van der Waals surface area (Å²) in [6.07, 6.45) is -3.36. The predicted molar refractivity (Wildman–Crippen MR) is 97.8 cm³/mol. The highest BCUT2D eigenvalue weighted by molar-refractivity contribution is 6.39. The normalized spacial score (nSPS) is 11.9. The van der Waals surface area contributed by atoms with Crippen LogP contribution in [-0.4, -0.2) is 22.7 Å². The second-order valence-corrected chi connectivity index (χ2v) is 6.08. The summed E-state index contributed by atoms with van der Waals surface area (Å²) in [6, 6.07) is 9.81. The summed E-state index contributed by atoms with van der Waals surface area (Å²) in [6.45, 7) is 0. The zero-order chi connectivity index (χ0) is 19.6. The fourth-order valence-electron chi connectivity index (χ4n) is 2.19. The van der Waals surface area contributed by atoms with Gasteiger partial charge >= 0.3 is 6.36 Å². The van der Waals surface area contributed by atoms with E-state index in [-0.39, 0.29) is 22.0 Å². The topological polar surface area (TPSA) is 66.7 Å². The predicted octanol–water partition coefficient (Wildman–Crippen LogP) is 5.59. The Morgan fingerprint density at radius 3 is 2.44 bits per heavy atom.